The van der Waals surface area contributed by atoms with Crippen LogP contribution in [0.4, 0.5) is 4.39 Å². The fourth-order valence-corrected chi connectivity index (χ4v) is 1.14. The Bertz CT molecular complexity index is 410. The van der Waals surface area contributed by atoms with Gasteiger partial charge in [0.05, 0.1) is 18.7 Å². The Morgan fingerprint density at radius 2 is 2.47 bits per heavy atom. The summed E-state index contributed by atoms with van der Waals surface area (Å²) in [6.07, 6.45) is 0.525. The lowest BCUT2D eigenvalue weighted by molar-refractivity contribution is -0.140. The lowest BCUT2D eigenvalue weighted by atomic mass is 10.0. The van der Waals surface area contributed by atoms with E-state index in [1.807, 2.05) is 6.07 Å². The van der Waals surface area contributed by atoms with Crippen molar-refractivity contribution >= 4 is 5.97 Å². The van der Waals surface area contributed by atoms with E-state index in [0.29, 0.717) is 12.0 Å². The molecule has 0 aliphatic heterocycles. The van der Waals surface area contributed by atoms with Crippen molar-refractivity contribution in [1.82, 2.24) is 0 Å². The Labute approximate surface area is 87.1 Å². The number of hydrogen-bond donors (Lipinski definition) is 0. The number of carbonyl (C=O) groups excluding carboxylic acids is 1. The maximum atomic E-state index is 12.7. The number of nitriles is 1. The number of nitrogens with zero attached hydrogens (tertiary/aromatic N) is 1. The van der Waals surface area contributed by atoms with Crippen LogP contribution in [0.5, 0.6) is 0 Å². The third-order valence-corrected chi connectivity index (χ3v) is 1.95. The molecule has 0 aliphatic rings. The molecule has 0 amide bonds. The first-order valence-corrected chi connectivity index (χ1v) is 4.34. The zero-order valence-electron chi connectivity index (χ0n) is 8.21. The van der Waals surface area contributed by atoms with Crippen LogP contribution >= 0.6 is 0 Å². The summed E-state index contributed by atoms with van der Waals surface area (Å²) < 4.78 is 17.2. The van der Waals surface area contributed by atoms with Gasteiger partial charge < -0.3 is 4.74 Å². The summed E-state index contributed by atoms with van der Waals surface area (Å²) in [5, 5.41) is 8.72. The van der Waals surface area contributed by atoms with Gasteiger partial charge in [-0.3, -0.25) is 4.79 Å². The first-order valence-electron chi connectivity index (χ1n) is 4.34. The topological polar surface area (TPSA) is 50.1 Å². The van der Waals surface area contributed by atoms with E-state index in [4.69, 9.17) is 5.26 Å². The number of hydrogen-bond acceptors (Lipinski definition) is 3. The van der Waals surface area contributed by atoms with Crippen LogP contribution in [0.25, 0.3) is 0 Å². The Kier molecular flexibility index (Phi) is 3.81. The van der Waals surface area contributed by atoms with Crippen molar-refractivity contribution in [2.75, 3.05) is 7.11 Å². The molecular formula is C11H9FNO2. The lowest BCUT2D eigenvalue weighted by Gasteiger charge is -2.02. The Morgan fingerprint density at radius 3 is 3.07 bits per heavy atom. The smallest absolute Gasteiger partial charge is 0.305 e. The number of halogens is 1. The first-order chi connectivity index (χ1) is 7.17. The molecule has 1 aromatic rings. The molecule has 3 nitrogen and oxygen atoms in total. The van der Waals surface area contributed by atoms with Crippen LogP contribution in [0.2, 0.25) is 0 Å². The molecule has 1 aromatic carbocycles. The molecule has 0 bridgehead atoms. The van der Waals surface area contributed by atoms with Gasteiger partial charge in [0.25, 0.3) is 0 Å². The predicted molar refractivity (Wildman–Crippen MR) is 50.3 cm³/mol. The van der Waals surface area contributed by atoms with Crippen LogP contribution in [0, 0.1) is 23.2 Å². The standard InChI is InChI=1S/C11H9FNO2/c1-15-11(14)5-3-8-2-4-10(12)6-9(8)7-13/h2,6H,3,5H2,1H3. The van der Waals surface area contributed by atoms with E-state index >= 15 is 0 Å². The van der Waals surface area contributed by atoms with Crippen LogP contribution in [-0.2, 0) is 16.0 Å². The van der Waals surface area contributed by atoms with Gasteiger partial charge in [-0.2, -0.15) is 5.26 Å². The minimum atomic E-state index is -0.576. The highest BCUT2D eigenvalue weighted by Crippen LogP contribution is 2.12. The predicted octanol–water partition coefficient (Wildman–Crippen LogP) is 1.60. The fraction of sp³-hybridized carbons (Fsp3) is 0.273. The zero-order chi connectivity index (χ0) is 11.3. The Hall–Kier alpha value is -1.89. The molecule has 15 heavy (non-hydrogen) atoms. The van der Waals surface area contributed by atoms with Gasteiger partial charge in [0.15, 0.2) is 0 Å². The minimum absolute atomic E-state index is 0.171. The van der Waals surface area contributed by atoms with Gasteiger partial charge in [0, 0.05) is 12.5 Å². The van der Waals surface area contributed by atoms with E-state index < -0.39 is 5.82 Å². The molecule has 0 spiro atoms. The number of benzene rings is 1. The molecule has 1 rings (SSSR count). The molecule has 77 valence electrons. The largest absolute Gasteiger partial charge is 0.469 e. The average molecular weight is 206 g/mol. The van der Waals surface area contributed by atoms with Crippen LogP contribution in [0.1, 0.15) is 17.5 Å². The van der Waals surface area contributed by atoms with Crippen LogP contribution in [0.15, 0.2) is 12.1 Å². The van der Waals surface area contributed by atoms with Crippen LogP contribution in [-0.4, -0.2) is 13.1 Å². The van der Waals surface area contributed by atoms with Gasteiger partial charge in [-0.1, -0.05) is 0 Å². The second kappa shape index (κ2) is 5.11. The van der Waals surface area contributed by atoms with Crippen molar-refractivity contribution in [1.29, 1.82) is 5.26 Å². The zero-order valence-corrected chi connectivity index (χ0v) is 8.21. The molecule has 0 fully saturated rings. The summed E-state index contributed by atoms with van der Waals surface area (Å²) in [7, 11) is 1.30. The highest BCUT2D eigenvalue weighted by Gasteiger charge is 2.07. The van der Waals surface area contributed by atoms with Gasteiger partial charge in [-0.15, -0.1) is 0 Å². The van der Waals surface area contributed by atoms with Crippen molar-refractivity contribution in [3.05, 3.63) is 35.1 Å². The lowest BCUT2D eigenvalue weighted by Crippen LogP contribution is -2.03. The highest BCUT2D eigenvalue weighted by atomic mass is 19.1. The minimum Gasteiger partial charge on any atom is -0.469 e. The number of aryl methyl sites for hydroxylation is 1. The maximum absolute atomic E-state index is 12.7. The first kappa shape index (κ1) is 11.2. The van der Waals surface area contributed by atoms with Gasteiger partial charge in [0.1, 0.15) is 5.82 Å². The normalized spacial score (nSPS) is 9.40. The van der Waals surface area contributed by atoms with Gasteiger partial charge >= 0.3 is 5.97 Å². The molecule has 0 N–H and O–H groups in total. The highest BCUT2D eigenvalue weighted by molar-refractivity contribution is 5.69. The van der Waals surface area contributed by atoms with Crippen LogP contribution in [0.3, 0.4) is 0 Å². The number of methoxy groups -OCH3 is 1. The molecule has 0 saturated heterocycles. The summed E-state index contributed by atoms with van der Waals surface area (Å²) >= 11 is 0. The van der Waals surface area contributed by atoms with E-state index in [1.165, 1.54) is 13.2 Å². The molecule has 4 heteroatoms. The third kappa shape index (κ3) is 3.06. The molecule has 0 saturated carbocycles. The quantitative estimate of drug-likeness (QED) is 0.706. The third-order valence-electron chi connectivity index (χ3n) is 1.95. The van der Waals surface area contributed by atoms with Gasteiger partial charge in [-0.05, 0) is 24.1 Å². The van der Waals surface area contributed by atoms with Gasteiger partial charge in [0.2, 0.25) is 0 Å². The monoisotopic (exact) mass is 206 g/mol. The summed E-state index contributed by atoms with van der Waals surface area (Å²) in [6, 6.07) is 6.70. The van der Waals surface area contributed by atoms with E-state index in [9.17, 15) is 9.18 Å². The summed E-state index contributed by atoms with van der Waals surface area (Å²) in [5.74, 6) is -0.934. The summed E-state index contributed by atoms with van der Waals surface area (Å²) in [4.78, 5) is 10.9. The Morgan fingerprint density at radius 1 is 1.73 bits per heavy atom. The molecule has 0 unspecified atom stereocenters. The molecule has 0 atom stereocenters. The van der Waals surface area contributed by atoms with Crippen molar-refractivity contribution in [2.45, 2.75) is 12.8 Å². The van der Waals surface area contributed by atoms with Crippen molar-refractivity contribution in [2.24, 2.45) is 0 Å². The molecular weight excluding hydrogens is 197 g/mol. The van der Waals surface area contributed by atoms with E-state index in [-0.39, 0.29) is 18.0 Å². The SMILES string of the molecule is COC(=O)CCc1c[c]c(F)cc1C#N. The van der Waals surface area contributed by atoms with E-state index in [0.717, 1.165) is 6.07 Å². The van der Waals surface area contributed by atoms with E-state index in [1.54, 1.807) is 0 Å². The number of ether oxygens (including phenoxy) is 1. The Balaban J connectivity index is 2.77. The maximum Gasteiger partial charge on any atom is 0.305 e. The number of rotatable bonds is 3. The van der Waals surface area contributed by atoms with Gasteiger partial charge in [-0.25, -0.2) is 4.39 Å². The van der Waals surface area contributed by atoms with Crippen LogP contribution < -0.4 is 0 Å². The molecule has 0 aliphatic carbocycles. The average Bonchev–Trinajstić information content (AvgIpc) is 2.26. The van der Waals surface area contributed by atoms with E-state index in [2.05, 4.69) is 10.8 Å². The second-order valence-electron chi connectivity index (χ2n) is 2.91. The number of esters is 1. The second-order valence-corrected chi connectivity index (χ2v) is 2.91. The fourth-order valence-electron chi connectivity index (χ4n) is 1.14. The van der Waals surface area contributed by atoms with Crippen molar-refractivity contribution in [3.8, 4) is 6.07 Å². The molecule has 0 aromatic heterocycles. The summed E-state index contributed by atoms with van der Waals surface area (Å²) in [6.45, 7) is 0. The molecule has 0 heterocycles. The van der Waals surface area contributed by atoms with Crippen molar-refractivity contribution < 1.29 is 13.9 Å². The number of carbonyl (C=O) groups is 1. The summed E-state index contributed by atoms with van der Waals surface area (Å²) in [5.41, 5.74) is 0.833. The van der Waals surface area contributed by atoms with Crippen molar-refractivity contribution in [3.63, 3.8) is 0 Å². The molecule has 1 radical (unpaired) electrons.